The van der Waals surface area contributed by atoms with Crippen molar-refractivity contribution in [3.05, 3.63) is 59.5 Å². The molecule has 0 bridgehead atoms. The molecule has 20 heavy (non-hydrogen) atoms. The van der Waals surface area contributed by atoms with Crippen molar-refractivity contribution in [2.24, 2.45) is 0 Å². The summed E-state index contributed by atoms with van der Waals surface area (Å²) >= 11 is 0. The lowest BCUT2D eigenvalue weighted by Gasteiger charge is -2.23. The number of hydrogen-bond acceptors (Lipinski definition) is 2. The molecule has 0 amide bonds. The summed E-state index contributed by atoms with van der Waals surface area (Å²) in [6, 6.07) is 15.4. The second-order valence-electron chi connectivity index (χ2n) is 5.44. The minimum Gasteiger partial charge on any atom is -0.465 e. The Morgan fingerprint density at radius 2 is 1.85 bits per heavy atom. The Hall–Kier alpha value is -1.54. The smallest absolute Gasteiger partial charge is 0.120 e. The predicted octanol–water partition coefficient (Wildman–Crippen LogP) is 5.17. The molecule has 2 unspecified atom stereocenters. The van der Waals surface area contributed by atoms with Crippen molar-refractivity contribution < 1.29 is 4.42 Å². The molecule has 108 valence electrons. The highest BCUT2D eigenvalue weighted by Gasteiger charge is 2.16. The van der Waals surface area contributed by atoms with E-state index in [4.69, 9.17) is 4.42 Å². The molecule has 0 saturated heterocycles. The van der Waals surface area contributed by atoms with Crippen molar-refractivity contribution in [1.29, 1.82) is 0 Å². The standard InChI is InChI=1S/C18H25NO/c1-4-5-11-17(16-9-7-6-8-10-16)19-15(3)18-13-12-14(2)20-18/h6-10,12-13,15,17,19H,4-5,11H2,1-3H3. The van der Waals surface area contributed by atoms with E-state index in [0.717, 1.165) is 17.9 Å². The van der Waals surface area contributed by atoms with Gasteiger partial charge in [0.2, 0.25) is 0 Å². The highest BCUT2D eigenvalue weighted by molar-refractivity contribution is 5.19. The fourth-order valence-electron chi connectivity index (χ4n) is 2.51. The average molecular weight is 271 g/mol. The number of nitrogens with one attached hydrogen (secondary N) is 1. The quantitative estimate of drug-likeness (QED) is 0.751. The summed E-state index contributed by atoms with van der Waals surface area (Å²) in [5.41, 5.74) is 1.36. The van der Waals surface area contributed by atoms with Gasteiger partial charge in [-0.15, -0.1) is 0 Å². The molecule has 1 aromatic heterocycles. The molecule has 0 aliphatic carbocycles. The normalized spacial score (nSPS) is 14.2. The van der Waals surface area contributed by atoms with E-state index in [1.807, 2.05) is 13.0 Å². The number of furan rings is 1. The molecule has 2 heteroatoms. The first kappa shape index (κ1) is 14.9. The van der Waals surface area contributed by atoms with Gasteiger partial charge in [-0.3, -0.25) is 0 Å². The number of aryl methyl sites for hydroxylation is 1. The van der Waals surface area contributed by atoms with Gasteiger partial charge in [0.05, 0.1) is 6.04 Å². The zero-order valence-electron chi connectivity index (χ0n) is 12.7. The molecule has 0 saturated carbocycles. The molecule has 1 aromatic carbocycles. The van der Waals surface area contributed by atoms with Gasteiger partial charge in [0, 0.05) is 6.04 Å². The van der Waals surface area contributed by atoms with Crippen LogP contribution in [0.3, 0.4) is 0 Å². The highest BCUT2D eigenvalue weighted by atomic mass is 16.3. The molecule has 2 nitrogen and oxygen atoms in total. The van der Waals surface area contributed by atoms with Crippen LogP contribution < -0.4 is 5.32 Å². The van der Waals surface area contributed by atoms with E-state index >= 15 is 0 Å². The molecule has 1 heterocycles. The molecule has 0 fully saturated rings. The van der Waals surface area contributed by atoms with Gasteiger partial charge in [-0.05, 0) is 38.0 Å². The Bertz CT molecular complexity index is 503. The van der Waals surface area contributed by atoms with Crippen LogP contribution in [-0.2, 0) is 0 Å². The Morgan fingerprint density at radius 1 is 1.10 bits per heavy atom. The van der Waals surface area contributed by atoms with Crippen LogP contribution in [0.25, 0.3) is 0 Å². The first-order valence-corrected chi connectivity index (χ1v) is 7.58. The van der Waals surface area contributed by atoms with Gasteiger partial charge in [0.1, 0.15) is 11.5 Å². The SMILES string of the molecule is CCCCC(NC(C)c1ccc(C)o1)c1ccccc1. The summed E-state index contributed by atoms with van der Waals surface area (Å²) < 4.78 is 5.72. The monoisotopic (exact) mass is 271 g/mol. The van der Waals surface area contributed by atoms with Crippen LogP contribution in [0.15, 0.2) is 46.9 Å². The van der Waals surface area contributed by atoms with Gasteiger partial charge in [0.25, 0.3) is 0 Å². The van der Waals surface area contributed by atoms with Gasteiger partial charge >= 0.3 is 0 Å². The van der Waals surface area contributed by atoms with Crippen molar-refractivity contribution in [1.82, 2.24) is 5.32 Å². The molecule has 2 rings (SSSR count). The van der Waals surface area contributed by atoms with E-state index < -0.39 is 0 Å². The predicted molar refractivity (Wildman–Crippen MR) is 83.7 cm³/mol. The third-order valence-corrected chi connectivity index (χ3v) is 3.69. The maximum absolute atomic E-state index is 5.72. The molecular formula is C18H25NO. The molecule has 2 aromatic rings. The highest BCUT2D eigenvalue weighted by Crippen LogP contribution is 2.24. The second-order valence-corrected chi connectivity index (χ2v) is 5.44. The van der Waals surface area contributed by atoms with Crippen molar-refractivity contribution in [3.8, 4) is 0 Å². The molecule has 0 spiro atoms. The lowest BCUT2D eigenvalue weighted by Crippen LogP contribution is -2.24. The number of unbranched alkanes of at least 4 members (excludes halogenated alkanes) is 1. The number of hydrogen-bond donors (Lipinski definition) is 1. The lowest BCUT2D eigenvalue weighted by molar-refractivity contribution is 0.369. The third-order valence-electron chi connectivity index (χ3n) is 3.69. The van der Waals surface area contributed by atoms with Crippen molar-refractivity contribution in [2.45, 2.75) is 52.1 Å². The third kappa shape index (κ3) is 3.97. The second kappa shape index (κ2) is 7.30. The van der Waals surface area contributed by atoms with E-state index in [9.17, 15) is 0 Å². The van der Waals surface area contributed by atoms with Gasteiger partial charge < -0.3 is 9.73 Å². The molecule has 0 radical (unpaired) electrons. The Labute approximate surface area is 122 Å². The summed E-state index contributed by atoms with van der Waals surface area (Å²) in [5, 5.41) is 3.70. The first-order chi connectivity index (χ1) is 9.70. The molecule has 0 aliphatic heterocycles. The summed E-state index contributed by atoms with van der Waals surface area (Å²) in [5.74, 6) is 1.98. The average Bonchev–Trinajstić information content (AvgIpc) is 2.91. The van der Waals surface area contributed by atoms with Crippen LogP contribution in [0, 0.1) is 6.92 Å². The van der Waals surface area contributed by atoms with Crippen LogP contribution in [0.4, 0.5) is 0 Å². The largest absolute Gasteiger partial charge is 0.465 e. The van der Waals surface area contributed by atoms with E-state index in [1.165, 1.54) is 18.4 Å². The van der Waals surface area contributed by atoms with Crippen LogP contribution in [0.2, 0.25) is 0 Å². The Balaban J connectivity index is 2.07. The van der Waals surface area contributed by atoms with Crippen LogP contribution >= 0.6 is 0 Å². The fourth-order valence-corrected chi connectivity index (χ4v) is 2.51. The lowest BCUT2D eigenvalue weighted by atomic mass is 10.00. The van der Waals surface area contributed by atoms with E-state index in [1.54, 1.807) is 0 Å². The van der Waals surface area contributed by atoms with Crippen molar-refractivity contribution >= 4 is 0 Å². The summed E-state index contributed by atoms with van der Waals surface area (Å²) in [6.07, 6.45) is 3.61. The summed E-state index contributed by atoms with van der Waals surface area (Å²) in [7, 11) is 0. The van der Waals surface area contributed by atoms with E-state index in [-0.39, 0.29) is 6.04 Å². The molecule has 0 aliphatic rings. The minimum absolute atomic E-state index is 0.228. The molecule has 2 atom stereocenters. The fraction of sp³-hybridized carbons (Fsp3) is 0.444. The van der Waals surface area contributed by atoms with Crippen LogP contribution in [-0.4, -0.2) is 0 Å². The van der Waals surface area contributed by atoms with Gasteiger partial charge in [-0.2, -0.15) is 0 Å². The first-order valence-electron chi connectivity index (χ1n) is 7.58. The van der Waals surface area contributed by atoms with Gasteiger partial charge in [0.15, 0.2) is 0 Å². The number of rotatable bonds is 7. The van der Waals surface area contributed by atoms with E-state index in [0.29, 0.717) is 6.04 Å². The maximum atomic E-state index is 5.72. The number of benzene rings is 1. The topological polar surface area (TPSA) is 25.2 Å². The van der Waals surface area contributed by atoms with Gasteiger partial charge in [-0.1, -0.05) is 50.1 Å². The Kier molecular flexibility index (Phi) is 5.42. The molecule has 1 N–H and O–H groups in total. The van der Waals surface area contributed by atoms with Crippen molar-refractivity contribution in [2.75, 3.05) is 0 Å². The zero-order chi connectivity index (χ0) is 14.4. The summed E-state index contributed by atoms with van der Waals surface area (Å²) in [6.45, 7) is 6.39. The minimum atomic E-state index is 0.228. The molecular weight excluding hydrogens is 246 g/mol. The van der Waals surface area contributed by atoms with Crippen LogP contribution in [0.5, 0.6) is 0 Å². The Morgan fingerprint density at radius 3 is 2.45 bits per heavy atom. The summed E-state index contributed by atoms with van der Waals surface area (Å²) in [4.78, 5) is 0. The van der Waals surface area contributed by atoms with Gasteiger partial charge in [-0.25, -0.2) is 0 Å². The van der Waals surface area contributed by atoms with Crippen molar-refractivity contribution in [3.63, 3.8) is 0 Å². The van der Waals surface area contributed by atoms with Crippen LogP contribution in [0.1, 0.15) is 62.3 Å². The zero-order valence-corrected chi connectivity index (χ0v) is 12.7. The van der Waals surface area contributed by atoms with E-state index in [2.05, 4.69) is 55.6 Å². The maximum Gasteiger partial charge on any atom is 0.120 e.